The van der Waals surface area contributed by atoms with Crippen molar-refractivity contribution >= 4 is 22.9 Å². The highest BCUT2D eigenvalue weighted by molar-refractivity contribution is 5.94. The summed E-state index contributed by atoms with van der Waals surface area (Å²) in [5, 5.41) is 0.194. The lowest BCUT2D eigenvalue weighted by Crippen LogP contribution is -2.19. The Morgan fingerprint density at radius 1 is 0.778 bits per heavy atom. The summed E-state index contributed by atoms with van der Waals surface area (Å²) in [7, 11) is 0. The van der Waals surface area contributed by atoms with E-state index in [1.807, 2.05) is 6.92 Å². The Labute approximate surface area is 211 Å². The van der Waals surface area contributed by atoms with Crippen molar-refractivity contribution in [2.45, 2.75) is 71.6 Å². The van der Waals surface area contributed by atoms with Gasteiger partial charge in [0.15, 0.2) is 0 Å². The van der Waals surface area contributed by atoms with Gasteiger partial charge in [-0.1, -0.05) is 52.4 Å². The maximum Gasteiger partial charge on any atom is 0.350 e. The van der Waals surface area contributed by atoms with Crippen molar-refractivity contribution < 1.29 is 28.2 Å². The Morgan fingerprint density at radius 3 is 2.17 bits per heavy atom. The highest BCUT2D eigenvalue weighted by Gasteiger charge is 2.18. The summed E-state index contributed by atoms with van der Waals surface area (Å²) in [6.45, 7) is 4.79. The highest BCUT2D eigenvalue weighted by atomic mass is 16.5. The van der Waals surface area contributed by atoms with Crippen LogP contribution in [0.1, 0.15) is 82.0 Å². The van der Waals surface area contributed by atoms with E-state index >= 15 is 0 Å². The molecule has 0 aliphatic rings. The van der Waals surface area contributed by atoms with Gasteiger partial charge in [-0.05, 0) is 49.2 Å². The summed E-state index contributed by atoms with van der Waals surface area (Å²) >= 11 is 0. The number of benzene rings is 2. The van der Waals surface area contributed by atoms with Gasteiger partial charge in [-0.3, -0.25) is 9.59 Å². The molecule has 0 radical (unpaired) electrons. The number of fused-ring (bicyclic) bond motifs is 1. The van der Waals surface area contributed by atoms with Crippen molar-refractivity contribution in [3.05, 3.63) is 64.5 Å². The molecule has 0 amide bonds. The third-order valence-corrected chi connectivity index (χ3v) is 5.69. The van der Waals surface area contributed by atoms with E-state index in [1.54, 1.807) is 24.3 Å². The van der Waals surface area contributed by atoms with Gasteiger partial charge in [0.25, 0.3) is 0 Å². The highest BCUT2D eigenvalue weighted by Crippen LogP contribution is 2.22. The Kier molecular flexibility index (Phi) is 10.5. The van der Waals surface area contributed by atoms with Crippen LogP contribution < -0.4 is 19.6 Å². The van der Waals surface area contributed by atoms with Gasteiger partial charge >= 0.3 is 11.9 Å². The Balaban J connectivity index is 1.57. The van der Waals surface area contributed by atoms with E-state index in [9.17, 15) is 14.4 Å². The number of esters is 2. The van der Waals surface area contributed by atoms with Gasteiger partial charge in [-0.2, -0.15) is 0 Å². The van der Waals surface area contributed by atoms with Gasteiger partial charge in [0.1, 0.15) is 34.7 Å². The maximum atomic E-state index is 12.8. The fourth-order valence-electron chi connectivity index (χ4n) is 3.71. The first-order chi connectivity index (χ1) is 17.5. The normalized spacial score (nSPS) is 10.8. The minimum absolute atomic E-state index is 0.194. The largest absolute Gasteiger partial charge is 0.494 e. The van der Waals surface area contributed by atoms with Crippen LogP contribution in [0, 0.1) is 0 Å². The lowest BCUT2D eigenvalue weighted by molar-refractivity contribution is -0.134. The summed E-state index contributed by atoms with van der Waals surface area (Å²) in [6, 6.07) is 11.1. The number of carbonyl (C=O) groups is 2. The number of ether oxygens (including phenoxy) is 3. The Bertz CT molecular complexity index is 1190. The van der Waals surface area contributed by atoms with Gasteiger partial charge in [0, 0.05) is 12.5 Å². The molecule has 192 valence electrons. The van der Waals surface area contributed by atoms with E-state index in [0.29, 0.717) is 24.5 Å². The molecule has 0 unspecified atom stereocenters. The molecular formula is C29H34O7. The summed E-state index contributed by atoms with van der Waals surface area (Å²) in [4.78, 5) is 37.6. The SMILES string of the molecule is CCCCCCCCCC(=O)Oc1ccc2c(=O)c(C(=O)Oc3ccc(OCCC)cc3)coc2c1. The zero-order chi connectivity index (χ0) is 25.8. The van der Waals surface area contributed by atoms with Crippen LogP contribution >= 0.6 is 0 Å². The number of rotatable bonds is 14. The standard InChI is InChI=1S/C29H34O7/c1-3-5-6-7-8-9-10-11-27(30)35-23-16-17-24-26(19-23)34-20-25(28(24)31)29(32)36-22-14-12-21(13-15-22)33-18-4-2/h12-17,19-20H,3-11,18H2,1-2H3. The Hall–Kier alpha value is -3.61. The van der Waals surface area contributed by atoms with Crippen LogP contribution in [0.25, 0.3) is 11.0 Å². The van der Waals surface area contributed by atoms with Crippen LogP contribution in [-0.4, -0.2) is 18.5 Å². The van der Waals surface area contributed by atoms with Crippen LogP contribution in [-0.2, 0) is 4.79 Å². The third kappa shape index (κ3) is 7.97. The smallest absolute Gasteiger partial charge is 0.350 e. The van der Waals surface area contributed by atoms with Gasteiger partial charge in [0.05, 0.1) is 12.0 Å². The second-order valence-corrected chi connectivity index (χ2v) is 8.69. The zero-order valence-electron chi connectivity index (χ0n) is 21.0. The maximum absolute atomic E-state index is 12.8. The summed E-state index contributed by atoms with van der Waals surface area (Å²) in [5.41, 5.74) is -0.530. The van der Waals surface area contributed by atoms with Crippen molar-refractivity contribution in [1.82, 2.24) is 0 Å². The fraction of sp³-hybridized carbons (Fsp3) is 0.414. The average molecular weight is 495 g/mol. The monoisotopic (exact) mass is 494 g/mol. The molecule has 7 nitrogen and oxygen atoms in total. The van der Waals surface area contributed by atoms with E-state index in [0.717, 1.165) is 31.9 Å². The van der Waals surface area contributed by atoms with Gasteiger partial charge in [-0.25, -0.2) is 4.79 Å². The molecule has 0 bridgehead atoms. The third-order valence-electron chi connectivity index (χ3n) is 5.69. The van der Waals surface area contributed by atoms with Crippen molar-refractivity contribution in [3.8, 4) is 17.2 Å². The van der Waals surface area contributed by atoms with E-state index in [4.69, 9.17) is 18.6 Å². The number of hydrogen-bond acceptors (Lipinski definition) is 7. The summed E-state index contributed by atoms with van der Waals surface area (Å²) in [5.74, 6) is 0.0984. The lowest BCUT2D eigenvalue weighted by atomic mass is 10.1. The van der Waals surface area contributed by atoms with Crippen molar-refractivity contribution in [1.29, 1.82) is 0 Å². The average Bonchev–Trinajstić information content (AvgIpc) is 2.88. The predicted octanol–water partition coefficient (Wildman–Crippen LogP) is 6.85. The van der Waals surface area contributed by atoms with E-state index < -0.39 is 11.4 Å². The molecule has 0 aliphatic carbocycles. The molecule has 1 aromatic heterocycles. The van der Waals surface area contributed by atoms with Crippen LogP contribution in [0.3, 0.4) is 0 Å². The molecular weight excluding hydrogens is 460 g/mol. The van der Waals surface area contributed by atoms with Crippen LogP contribution in [0.15, 0.2) is 57.9 Å². The van der Waals surface area contributed by atoms with Crippen LogP contribution in [0.4, 0.5) is 0 Å². The molecule has 1 heterocycles. The molecule has 0 aliphatic heterocycles. The molecule has 0 N–H and O–H groups in total. The van der Waals surface area contributed by atoms with Crippen molar-refractivity contribution in [2.75, 3.05) is 6.61 Å². The second kappa shape index (κ2) is 14.1. The molecule has 0 fully saturated rings. The number of carbonyl (C=O) groups excluding carboxylic acids is 2. The van der Waals surface area contributed by atoms with Crippen molar-refractivity contribution in [2.24, 2.45) is 0 Å². The topological polar surface area (TPSA) is 92.0 Å². The molecule has 0 spiro atoms. The molecule has 0 saturated heterocycles. The molecule has 3 rings (SSSR count). The summed E-state index contributed by atoms with van der Waals surface area (Å²) in [6.07, 6.45) is 10.1. The van der Waals surface area contributed by atoms with Gasteiger partial charge < -0.3 is 18.6 Å². The van der Waals surface area contributed by atoms with Crippen LogP contribution in [0.5, 0.6) is 17.2 Å². The molecule has 36 heavy (non-hydrogen) atoms. The van der Waals surface area contributed by atoms with Gasteiger partial charge in [-0.15, -0.1) is 0 Å². The molecule has 0 saturated carbocycles. The molecule has 3 aromatic rings. The first-order valence-electron chi connectivity index (χ1n) is 12.7. The molecule has 7 heteroatoms. The van der Waals surface area contributed by atoms with E-state index in [1.165, 1.54) is 43.9 Å². The predicted molar refractivity (Wildman–Crippen MR) is 138 cm³/mol. The van der Waals surface area contributed by atoms with E-state index in [-0.39, 0.29) is 28.3 Å². The first kappa shape index (κ1) is 27.0. The van der Waals surface area contributed by atoms with Gasteiger partial charge in [0.2, 0.25) is 5.43 Å². The quantitative estimate of drug-likeness (QED) is 0.137. The first-order valence-corrected chi connectivity index (χ1v) is 12.7. The Morgan fingerprint density at radius 2 is 1.44 bits per heavy atom. The summed E-state index contributed by atoms with van der Waals surface area (Å²) < 4.78 is 21.7. The lowest BCUT2D eigenvalue weighted by Gasteiger charge is -2.08. The minimum Gasteiger partial charge on any atom is -0.494 e. The number of hydrogen-bond donors (Lipinski definition) is 0. The molecule has 0 atom stereocenters. The second-order valence-electron chi connectivity index (χ2n) is 8.69. The fourth-order valence-corrected chi connectivity index (χ4v) is 3.71. The number of unbranched alkanes of at least 4 members (excludes halogenated alkanes) is 6. The zero-order valence-corrected chi connectivity index (χ0v) is 21.0. The molecule has 2 aromatic carbocycles. The van der Waals surface area contributed by atoms with Crippen LogP contribution in [0.2, 0.25) is 0 Å². The minimum atomic E-state index is -0.821. The van der Waals surface area contributed by atoms with Crippen molar-refractivity contribution in [3.63, 3.8) is 0 Å². The van der Waals surface area contributed by atoms with E-state index in [2.05, 4.69) is 6.92 Å².